The molecule has 2 N–H and O–H groups in total. The molecule has 0 bridgehead atoms. The van der Waals surface area contributed by atoms with E-state index in [0.29, 0.717) is 31.5 Å². The number of hydrogen-bond donors (Lipinski definition) is 2. The van der Waals surface area contributed by atoms with Crippen LogP contribution >= 0.6 is 0 Å². The quantitative estimate of drug-likeness (QED) is 0.798. The maximum atomic E-state index is 12.4. The minimum absolute atomic E-state index is 0.141. The van der Waals surface area contributed by atoms with Gasteiger partial charge in [0.2, 0.25) is 5.91 Å². The number of aromatic nitrogens is 2. The highest BCUT2D eigenvalue weighted by Gasteiger charge is 2.31. The molecular weight excluding hydrogens is 344 g/mol. The van der Waals surface area contributed by atoms with Gasteiger partial charge in [-0.1, -0.05) is 6.42 Å². The Balaban J connectivity index is 1.23. The Kier molecular flexibility index (Phi) is 5.33. The van der Waals surface area contributed by atoms with Gasteiger partial charge in [0.25, 0.3) is 0 Å². The van der Waals surface area contributed by atoms with Crippen LogP contribution in [0.3, 0.4) is 0 Å². The Labute approximate surface area is 160 Å². The number of carbonyl (C=O) groups excluding carboxylic acids is 2. The molecule has 0 radical (unpaired) electrons. The average molecular weight is 374 g/mol. The zero-order valence-electron chi connectivity index (χ0n) is 16.1. The van der Waals surface area contributed by atoms with Gasteiger partial charge < -0.3 is 20.4 Å². The molecule has 1 aromatic heterocycles. The molecule has 1 atom stereocenters. The van der Waals surface area contributed by atoms with Crippen molar-refractivity contribution in [3.63, 3.8) is 0 Å². The van der Waals surface area contributed by atoms with Gasteiger partial charge in [-0.25, -0.2) is 4.79 Å². The second-order valence-electron chi connectivity index (χ2n) is 8.22. The van der Waals surface area contributed by atoms with Gasteiger partial charge in [-0.2, -0.15) is 5.10 Å². The van der Waals surface area contributed by atoms with Gasteiger partial charge in [0.15, 0.2) is 0 Å². The SMILES string of the molecule is CN1CC[C@H](CNC(=O)NCc2cc3n(n2)CCN(C(=O)C2CCC2)C3)C1. The van der Waals surface area contributed by atoms with Crippen LogP contribution in [0.15, 0.2) is 6.07 Å². The normalized spacial score (nSPS) is 23.0. The van der Waals surface area contributed by atoms with Crippen LogP contribution in [0, 0.1) is 11.8 Å². The van der Waals surface area contributed by atoms with Crippen molar-refractivity contribution in [1.82, 2.24) is 30.2 Å². The Morgan fingerprint density at radius 2 is 2.04 bits per heavy atom. The van der Waals surface area contributed by atoms with Gasteiger partial charge in [-0.15, -0.1) is 0 Å². The highest BCUT2D eigenvalue weighted by atomic mass is 16.2. The van der Waals surface area contributed by atoms with E-state index in [-0.39, 0.29) is 11.9 Å². The lowest BCUT2D eigenvalue weighted by molar-refractivity contribution is -0.139. The molecule has 2 fully saturated rings. The second-order valence-corrected chi connectivity index (χ2v) is 8.22. The van der Waals surface area contributed by atoms with Crippen molar-refractivity contribution in [2.75, 3.05) is 33.2 Å². The standard InChI is InChI=1S/C19H30N6O2/c1-23-6-5-14(12-23)10-20-19(27)21-11-16-9-17-13-24(7-8-25(17)22-16)18(26)15-3-2-4-15/h9,14-15H,2-8,10-13H2,1H3,(H2,20,21,27)/t14-/m1/s1. The van der Waals surface area contributed by atoms with Gasteiger partial charge in [0, 0.05) is 25.6 Å². The fourth-order valence-corrected chi connectivity index (χ4v) is 4.18. The number of fused-ring (bicyclic) bond motifs is 1. The molecule has 1 saturated heterocycles. The zero-order valence-corrected chi connectivity index (χ0v) is 16.1. The fraction of sp³-hybridized carbons (Fsp3) is 0.737. The maximum absolute atomic E-state index is 12.4. The minimum Gasteiger partial charge on any atom is -0.338 e. The monoisotopic (exact) mass is 374 g/mol. The molecule has 1 aromatic rings. The van der Waals surface area contributed by atoms with Gasteiger partial charge in [-0.05, 0) is 44.8 Å². The van der Waals surface area contributed by atoms with Crippen molar-refractivity contribution < 1.29 is 9.59 Å². The second kappa shape index (κ2) is 7.88. The van der Waals surface area contributed by atoms with E-state index in [1.807, 2.05) is 15.6 Å². The summed E-state index contributed by atoms with van der Waals surface area (Å²) < 4.78 is 1.97. The Morgan fingerprint density at radius 1 is 1.19 bits per heavy atom. The first-order valence-corrected chi connectivity index (χ1v) is 10.1. The molecule has 148 valence electrons. The smallest absolute Gasteiger partial charge is 0.315 e. The van der Waals surface area contributed by atoms with Crippen LogP contribution in [-0.2, 0) is 24.4 Å². The van der Waals surface area contributed by atoms with Crippen molar-refractivity contribution in [3.8, 4) is 0 Å². The summed E-state index contributed by atoms with van der Waals surface area (Å²) in [6.07, 6.45) is 4.39. The van der Waals surface area contributed by atoms with E-state index in [1.165, 1.54) is 6.42 Å². The first-order valence-electron chi connectivity index (χ1n) is 10.1. The van der Waals surface area contributed by atoms with E-state index in [4.69, 9.17) is 0 Å². The predicted octanol–water partition coefficient (Wildman–Crippen LogP) is 0.776. The number of rotatable bonds is 5. The summed E-state index contributed by atoms with van der Waals surface area (Å²) in [6, 6.07) is 1.86. The van der Waals surface area contributed by atoms with E-state index in [1.54, 1.807) is 0 Å². The number of nitrogens with one attached hydrogen (secondary N) is 2. The molecule has 0 unspecified atom stereocenters. The van der Waals surface area contributed by atoms with Crippen LogP contribution in [-0.4, -0.2) is 64.7 Å². The molecule has 0 spiro atoms. The molecule has 8 heteroatoms. The summed E-state index contributed by atoms with van der Waals surface area (Å²) in [6.45, 7) is 5.37. The van der Waals surface area contributed by atoms with Crippen molar-refractivity contribution in [1.29, 1.82) is 0 Å². The number of urea groups is 1. The molecule has 4 rings (SSSR count). The molecule has 2 aliphatic heterocycles. The van der Waals surface area contributed by atoms with Crippen molar-refractivity contribution in [2.24, 2.45) is 11.8 Å². The summed E-state index contributed by atoms with van der Waals surface area (Å²) >= 11 is 0. The number of carbonyl (C=O) groups is 2. The topological polar surface area (TPSA) is 82.5 Å². The maximum Gasteiger partial charge on any atom is 0.315 e. The van der Waals surface area contributed by atoms with E-state index < -0.39 is 0 Å². The number of amides is 3. The molecule has 3 heterocycles. The largest absolute Gasteiger partial charge is 0.338 e. The molecule has 3 aliphatic rings. The third-order valence-corrected chi connectivity index (χ3v) is 6.08. The lowest BCUT2D eigenvalue weighted by Crippen LogP contribution is -2.43. The third kappa shape index (κ3) is 4.26. The highest BCUT2D eigenvalue weighted by Crippen LogP contribution is 2.29. The molecule has 8 nitrogen and oxygen atoms in total. The molecule has 0 aromatic carbocycles. The Hall–Kier alpha value is -2.09. The lowest BCUT2D eigenvalue weighted by Gasteiger charge is -2.34. The third-order valence-electron chi connectivity index (χ3n) is 6.08. The molecule has 27 heavy (non-hydrogen) atoms. The van der Waals surface area contributed by atoms with Gasteiger partial charge >= 0.3 is 6.03 Å². The summed E-state index contributed by atoms with van der Waals surface area (Å²) in [4.78, 5) is 28.7. The van der Waals surface area contributed by atoms with Crippen LogP contribution in [0.25, 0.3) is 0 Å². The highest BCUT2D eigenvalue weighted by molar-refractivity contribution is 5.79. The van der Waals surface area contributed by atoms with Crippen LogP contribution < -0.4 is 10.6 Å². The molecule has 3 amide bonds. The zero-order chi connectivity index (χ0) is 18.8. The summed E-state index contributed by atoms with van der Waals surface area (Å²) in [5.74, 6) is 1.08. The van der Waals surface area contributed by atoms with E-state index in [0.717, 1.165) is 56.8 Å². The van der Waals surface area contributed by atoms with Crippen LogP contribution in [0.4, 0.5) is 4.79 Å². The predicted molar refractivity (Wildman–Crippen MR) is 101 cm³/mol. The number of likely N-dealkylation sites (tertiary alicyclic amines) is 1. The van der Waals surface area contributed by atoms with Crippen molar-refractivity contribution >= 4 is 11.9 Å². The summed E-state index contributed by atoms with van der Waals surface area (Å²) in [5, 5.41) is 10.4. The summed E-state index contributed by atoms with van der Waals surface area (Å²) in [5.41, 5.74) is 1.90. The van der Waals surface area contributed by atoms with Crippen molar-refractivity contribution in [2.45, 2.75) is 45.3 Å². The fourth-order valence-electron chi connectivity index (χ4n) is 4.18. The van der Waals surface area contributed by atoms with Gasteiger partial charge in [-0.3, -0.25) is 9.48 Å². The van der Waals surface area contributed by atoms with Gasteiger partial charge in [0.1, 0.15) is 0 Å². The van der Waals surface area contributed by atoms with Crippen LogP contribution in [0.1, 0.15) is 37.1 Å². The molecule has 1 aliphatic carbocycles. The average Bonchev–Trinajstić information content (AvgIpc) is 3.21. The first-order chi connectivity index (χ1) is 13.1. The first kappa shape index (κ1) is 18.3. The van der Waals surface area contributed by atoms with E-state index >= 15 is 0 Å². The van der Waals surface area contributed by atoms with E-state index in [2.05, 4.69) is 27.7 Å². The van der Waals surface area contributed by atoms with Gasteiger partial charge in [0.05, 0.1) is 31.0 Å². The van der Waals surface area contributed by atoms with E-state index in [9.17, 15) is 9.59 Å². The number of nitrogens with zero attached hydrogens (tertiary/aromatic N) is 4. The Bertz CT molecular complexity index is 698. The Morgan fingerprint density at radius 3 is 2.74 bits per heavy atom. The van der Waals surface area contributed by atoms with Crippen LogP contribution in [0.5, 0.6) is 0 Å². The minimum atomic E-state index is -0.141. The van der Waals surface area contributed by atoms with Crippen molar-refractivity contribution in [3.05, 3.63) is 17.5 Å². The lowest BCUT2D eigenvalue weighted by atomic mass is 9.84. The number of hydrogen-bond acceptors (Lipinski definition) is 4. The molecular formula is C19H30N6O2. The summed E-state index contributed by atoms with van der Waals surface area (Å²) in [7, 11) is 2.11. The van der Waals surface area contributed by atoms with Crippen LogP contribution in [0.2, 0.25) is 0 Å². The molecule has 1 saturated carbocycles.